The van der Waals surface area contributed by atoms with E-state index in [1.807, 2.05) is 17.5 Å². The van der Waals surface area contributed by atoms with Gasteiger partial charge in [-0.25, -0.2) is 4.79 Å². The van der Waals surface area contributed by atoms with E-state index in [9.17, 15) is 4.79 Å². The van der Waals surface area contributed by atoms with Crippen molar-refractivity contribution in [3.05, 3.63) is 34.5 Å². The van der Waals surface area contributed by atoms with E-state index in [-0.39, 0.29) is 12.1 Å². The molecule has 1 fully saturated rings. The predicted molar refractivity (Wildman–Crippen MR) is 90.4 cm³/mol. The molecule has 0 saturated carbocycles. The second-order valence-corrected chi connectivity index (χ2v) is 6.51. The molecule has 3 heterocycles. The second kappa shape index (κ2) is 7.96. The van der Waals surface area contributed by atoms with Crippen LogP contribution in [0, 0.1) is 0 Å². The first-order valence-corrected chi connectivity index (χ1v) is 8.72. The van der Waals surface area contributed by atoms with Crippen LogP contribution in [-0.4, -0.2) is 47.4 Å². The first-order valence-electron chi connectivity index (χ1n) is 7.84. The van der Waals surface area contributed by atoms with Crippen LogP contribution in [0.15, 0.2) is 29.6 Å². The third-order valence-corrected chi connectivity index (χ3v) is 4.65. The highest BCUT2D eigenvalue weighted by molar-refractivity contribution is 7.09. The Kier molecular flexibility index (Phi) is 5.47. The van der Waals surface area contributed by atoms with Crippen LogP contribution in [0.5, 0.6) is 11.8 Å². The fraction of sp³-hybridized carbons (Fsp3) is 0.438. The molecule has 0 radical (unpaired) electrons. The van der Waals surface area contributed by atoms with Gasteiger partial charge in [0.25, 0.3) is 0 Å². The molecule has 8 heteroatoms. The molecule has 2 aromatic heterocycles. The number of amides is 2. The number of nitrogens with one attached hydrogen (secondary N) is 1. The number of likely N-dealkylation sites (tertiary alicyclic amines) is 1. The lowest BCUT2D eigenvalue weighted by Gasteiger charge is -2.32. The number of piperidine rings is 1. The van der Waals surface area contributed by atoms with Gasteiger partial charge in [-0.15, -0.1) is 21.5 Å². The minimum Gasteiger partial charge on any atom is -0.480 e. The maximum atomic E-state index is 12.3. The molecule has 0 aliphatic carbocycles. The Labute approximate surface area is 144 Å². The van der Waals surface area contributed by atoms with Gasteiger partial charge >= 0.3 is 6.03 Å². The summed E-state index contributed by atoms with van der Waals surface area (Å²) in [5.41, 5.74) is 0. The molecule has 1 saturated heterocycles. The number of aromatic nitrogens is 2. The van der Waals surface area contributed by atoms with Crippen molar-refractivity contribution in [2.75, 3.05) is 20.2 Å². The lowest BCUT2D eigenvalue weighted by Crippen LogP contribution is -2.48. The molecular weight excluding hydrogens is 328 g/mol. The van der Waals surface area contributed by atoms with E-state index in [0.717, 1.165) is 24.3 Å². The fourth-order valence-corrected chi connectivity index (χ4v) is 3.20. The first-order chi connectivity index (χ1) is 11.7. The van der Waals surface area contributed by atoms with Gasteiger partial charge in [0.2, 0.25) is 11.8 Å². The van der Waals surface area contributed by atoms with Crippen LogP contribution in [0.3, 0.4) is 0 Å². The zero-order chi connectivity index (χ0) is 16.8. The summed E-state index contributed by atoms with van der Waals surface area (Å²) in [4.78, 5) is 15.2. The lowest BCUT2D eigenvalue weighted by atomic mass is 10.1. The molecule has 24 heavy (non-hydrogen) atoms. The van der Waals surface area contributed by atoms with E-state index in [1.165, 1.54) is 0 Å². The van der Waals surface area contributed by atoms with E-state index in [2.05, 4.69) is 15.5 Å². The standard InChI is InChI=1S/C16H20N4O3S/c1-22-14-6-7-15(19-18-14)23-12-4-2-8-20(11-12)16(21)17-10-13-5-3-9-24-13/h3,5-7,9,12H,2,4,8,10-11H2,1H3,(H,17,21). The van der Waals surface area contributed by atoms with Gasteiger partial charge < -0.3 is 19.7 Å². The lowest BCUT2D eigenvalue weighted by molar-refractivity contribution is 0.0967. The molecule has 1 unspecified atom stereocenters. The van der Waals surface area contributed by atoms with E-state index in [4.69, 9.17) is 9.47 Å². The molecule has 0 bridgehead atoms. The number of carbonyl (C=O) groups excluding carboxylic acids is 1. The summed E-state index contributed by atoms with van der Waals surface area (Å²) in [6, 6.07) is 7.36. The maximum Gasteiger partial charge on any atom is 0.317 e. The molecule has 1 N–H and O–H groups in total. The summed E-state index contributed by atoms with van der Waals surface area (Å²) in [7, 11) is 1.54. The van der Waals surface area contributed by atoms with Gasteiger partial charge in [0.15, 0.2) is 0 Å². The van der Waals surface area contributed by atoms with E-state index < -0.39 is 0 Å². The number of hydrogen-bond acceptors (Lipinski definition) is 6. The quantitative estimate of drug-likeness (QED) is 0.897. The largest absolute Gasteiger partial charge is 0.480 e. The molecule has 0 spiro atoms. The van der Waals surface area contributed by atoms with Crippen LogP contribution < -0.4 is 14.8 Å². The van der Waals surface area contributed by atoms with Crippen LogP contribution in [0.1, 0.15) is 17.7 Å². The van der Waals surface area contributed by atoms with Crippen LogP contribution in [0.25, 0.3) is 0 Å². The number of ether oxygens (including phenoxy) is 2. The number of rotatable bonds is 5. The van der Waals surface area contributed by atoms with Gasteiger partial charge in [0.05, 0.1) is 20.2 Å². The van der Waals surface area contributed by atoms with Crippen molar-refractivity contribution in [1.29, 1.82) is 0 Å². The highest BCUT2D eigenvalue weighted by Gasteiger charge is 2.25. The number of thiophene rings is 1. The third-order valence-electron chi connectivity index (χ3n) is 3.77. The van der Waals surface area contributed by atoms with Crippen LogP contribution in [0.4, 0.5) is 4.79 Å². The maximum absolute atomic E-state index is 12.3. The number of nitrogens with zero attached hydrogens (tertiary/aromatic N) is 3. The summed E-state index contributed by atoms with van der Waals surface area (Å²) in [6.45, 7) is 1.84. The Bertz CT molecular complexity index is 648. The van der Waals surface area contributed by atoms with E-state index >= 15 is 0 Å². The fourth-order valence-electron chi connectivity index (χ4n) is 2.56. The van der Waals surface area contributed by atoms with Crippen molar-refractivity contribution >= 4 is 17.4 Å². The average Bonchev–Trinajstić information content (AvgIpc) is 3.14. The highest BCUT2D eigenvalue weighted by atomic mass is 32.1. The second-order valence-electron chi connectivity index (χ2n) is 5.48. The number of hydrogen-bond donors (Lipinski definition) is 1. The van der Waals surface area contributed by atoms with Gasteiger partial charge in [0.1, 0.15) is 6.10 Å². The van der Waals surface area contributed by atoms with Crippen LogP contribution in [-0.2, 0) is 6.54 Å². The Morgan fingerprint density at radius 2 is 2.21 bits per heavy atom. The predicted octanol–water partition coefficient (Wildman–Crippen LogP) is 2.30. The zero-order valence-electron chi connectivity index (χ0n) is 13.5. The van der Waals surface area contributed by atoms with Crippen molar-refractivity contribution in [3.8, 4) is 11.8 Å². The molecule has 7 nitrogen and oxygen atoms in total. The number of urea groups is 1. The van der Waals surface area contributed by atoms with Crippen molar-refractivity contribution in [2.24, 2.45) is 0 Å². The summed E-state index contributed by atoms with van der Waals surface area (Å²) in [5, 5.41) is 12.8. The number of carbonyl (C=O) groups is 1. The SMILES string of the molecule is COc1ccc(OC2CCCN(C(=O)NCc3cccs3)C2)nn1. The normalized spacial score (nSPS) is 17.4. The van der Waals surface area contributed by atoms with Gasteiger partial charge in [-0.05, 0) is 24.3 Å². The molecule has 3 rings (SSSR count). The molecular formula is C16H20N4O3S. The molecule has 128 valence electrons. The summed E-state index contributed by atoms with van der Waals surface area (Å²) in [5.74, 6) is 0.891. The number of methoxy groups -OCH3 is 1. The Morgan fingerprint density at radius 3 is 2.92 bits per heavy atom. The minimum absolute atomic E-state index is 0.0579. The summed E-state index contributed by atoms with van der Waals surface area (Å²) >= 11 is 1.63. The smallest absolute Gasteiger partial charge is 0.317 e. The monoisotopic (exact) mass is 348 g/mol. The van der Waals surface area contributed by atoms with Gasteiger partial charge in [-0.2, -0.15) is 0 Å². The average molecular weight is 348 g/mol. The molecule has 0 aromatic carbocycles. The van der Waals surface area contributed by atoms with Gasteiger partial charge in [-0.1, -0.05) is 6.07 Å². The van der Waals surface area contributed by atoms with E-state index in [1.54, 1.807) is 35.5 Å². The molecule has 2 aromatic rings. The van der Waals surface area contributed by atoms with Gasteiger partial charge in [0, 0.05) is 23.6 Å². The topological polar surface area (TPSA) is 76.6 Å². The van der Waals surface area contributed by atoms with Crippen molar-refractivity contribution in [3.63, 3.8) is 0 Å². The van der Waals surface area contributed by atoms with Crippen molar-refractivity contribution in [1.82, 2.24) is 20.4 Å². The summed E-state index contributed by atoms with van der Waals surface area (Å²) in [6.07, 6.45) is 1.72. The molecule has 1 aliphatic rings. The molecule has 1 atom stereocenters. The minimum atomic E-state index is -0.0751. The van der Waals surface area contributed by atoms with Gasteiger partial charge in [-0.3, -0.25) is 0 Å². The Hall–Kier alpha value is -2.35. The zero-order valence-corrected chi connectivity index (χ0v) is 14.3. The molecule has 1 aliphatic heterocycles. The van der Waals surface area contributed by atoms with Crippen molar-refractivity contribution in [2.45, 2.75) is 25.5 Å². The highest BCUT2D eigenvalue weighted by Crippen LogP contribution is 2.18. The Balaban J connectivity index is 1.50. The third kappa shape index (κ3) is 4.35. The Morgan fingerprint density at radius 1 is 1.38 bits per heavy atom. The van der Waals surface area contributed by atoms with Crippen LogP contribution in [0.2, 0.25) is 0 Å². The van der Waals surface area contributed by atoms with Crippen molar-refractivity contribution < 1.29 is 14.3 Å². The van der Waals surface area contributed by atoms with E-state index in [0.29, 0.717) is 24.8 Å². The first kappa shape index (κ1) is 16.5. The van der Waals surface area contributed by atoms with Crippen LogP contribution >= 0.6 is 11.3 Å². The summed E-state index contributed by atoms with van der Waals surface area (Å²) < 4.78 is 10.8. The molecule has 2 amide bonds.